The summed E-state index contributed by atoms with van der Waals surface area (Å²) in [5.74, 6) is 0.632. The van der Waals surface area contributed by atoms with E-state index in [1.807, 2.05) is 0 Å². The number of hydrogen-bond donors (Lipinski definition) is 1. The molecule has 1 aromatic rings. The fourth-order valence-corrected chi connectivity index (χ4v) is 3.85. The first-order chi connectivity index (χ1) is 9.27. The maximum Gasteiger partial charge on any atom is 0.0685 e. The quantitative estimate of drug-likeness (QED) is 0.904. The van der Waals surface area contributed by atoms with Crippen molar-refractivity contribution in [2.75, 3.05) is 6.61 Å². The van der Waals surface area contributed by atoms with Gasteiger partial charge in [0.25, 0.3) is 0 Å². The van der Waals surface area contributed by atoms with E-state index in [1.54, 1.807) is 0 Å². The van der Waals surface area contributed by atoms with Crippen LogP contribution in [0.25, 0.3) is 0 Å². The van der Waals surface area contributed by atoms with Gasteiger partial charge in [0.05, 0.1) is 5.60 Å². The number of ether oxygens (including phenoxy) is 1. The summed E-state index contributed by atoms with van der Waals surface area (Å²) in [4.78, 5) is 0. The van der Waals surface area contributed by atoms with E-state index in [-0.39, 0.29) is 11.6 Å². The molecule has 1 aliphatic heterocycles. The van der Waals surface area contributed by atoms with E-state index < -0.39 is 0 Å². The molecule has 1 spiro atoms. The van der Waals surface area contributed by atoms with Gasteiger partial charge in [0.2, 0.25) is 0 Å². The van der Waals surface area contributed by atoms with E-state index in [1.165, 1.54) is 37.7 Å². The monoisotopic (exact) mass is 259 g/mol. The lowest BCUT2D eigenvalue weighted by Gasteiger charge is -2.40. The van der Waals surface area contributed by atoms with Crippen LogP contribution in [0, 0.1) is 5.92 Å². The van der Waals surface area contributed by atoms with Crippen LogP contribution in [0.5, 0.6) is 0 Å². The highest BCUT2D eigenvalue weighted by molar-refractivity contribution is 5.16. The molecular weight excluding hydrogens is 234 g/mol. The van der Waals surface area contributed by atoms with Gasteiger partial charge in [-0.25, -0.2) is 0 Å². The molecule has 2 heteroatoms. The minimum atomic E-state index is 0.192. The Morgan fingerprint density at radius 2 is 1.95 bits per heavy atom. The summed E-state index contributed by atoms with van der Waals surface area (Å²) in [5.41, 5.74) is 8.03. The SMILES string of the molecule is NC(Cc1ccccc1)C1CCOC2(CCCC2)C1. The molecule has 2 fully saturated rings. The number of hydrogen-bond acceptors (Lipinski definition) is 2. The van der Waals surface area contributed by atoms with E-state index in [0.717, 1.165) is 19.4 Å². The molecule has 2 nitrogen and oxygen atoms in total. The molecule has 19 heavy (non-hydrogen) atoms. The van der Waals surface area contributed by atoms with E-state index in [4.69, 9.17) is 10.5 Å². The Balaban J connectivity index is 1.61. The molecule has 3 rings (SSSR count). The highest BCUT2D eigenvalue weighted by Crippen LogP contribution is 2.42. The van der Waals surface area contributed by atoms with Crippen molar-refractivity contribution in [1.29, 1.82) is 0 Å². The van der Waals surface area contributed by atoms with Crippen LogP contribution in [0.4, 0.5) is 0 Å². The zero-order valence-corrected chi connectivity index (χ0v) is 11.7. The van der Waals surface area contributed by atoms with Crippen LogP contribution in [-0.4, -0.2) is 18.2 Å². The summed E-state index contributed by atoms with van der Waals surface area (Å²) >= 11 is 0. The molecule has 2 atom stereocenters. The van der Waals surface area contributed by atoms with Gasteiger partial charge in [-0.2, -0.15) is 0 Å². The normalized spacial score (nSPS) is 27.5. The predicted molar refractivity (Wildman–Crippen MR) is 78.0 cm³/mol. The van der Waals surface area contributed by atoms with Gasteiger partial charge >= 0.3 is 0 Å². The van der Waals surface area contributed by atoms with Gasteiger partial charge in [-0.1, -0.05) is 43.2 Å². The molecule has 1 saturated carbocycles. The van der Waals surface area contributed by atoms with Crippen LogP contribution in [-0.2, 0) is 11.2 Å². The highest BCUT2D eigenvalue weighted by atomic mass is 16.5. The molecule has 0 bridgehead atoms. The minimum absolute atomic E-state index is 0.192. The van der Waals surface area contributed by atoms with Crippen molar-refractivity contribution < 1.29 is 4.74 Å². The van der Waals surface area contributed by atoms with Crippen LogP contribution >= 0.6 is 0 Å². The summed E-state index contributed by atoms with van der Waals surface area (Å²) in [6, 6.07) is 10.9. The second-order valence-electron chi connectivity index (χ2n) is 6.35. The third kappa shape index (κ3) is 3.01. The summed E-state index contributed by atoms with van der Waals surface area (Å²) in [7, 11) is 0. The average molecular weight is 259 g/mol. The summed E-state index contributed by atoms with van der Waals surface area (Å²) in [5, 5.41) is 0. The Labute approximate surface area is 116 Å². The fourth-order valence-electron chi connectivity index (χ4n) is 3.85. The zero-order chi connectivity index (χ0) is 13.1. The Morgan fingerprint density at radius 1 is 1.21 bits per heavy atom. The van der Waals surface area contributed by atoms with Gasteiger partial charge < -0.3 is 10.5 Å². The molecule has 1 heterocycles. The smallest absolute Gasteiger partial charge is 0.0685 e. The van der Waals surface area contributed by atoms with E-state index >= 15 is 0 Å². The van der Waals surface area contributed by atoms with Crippen molar-refractivity contribution in [3.8, 4) is 0 Å². The van der Waals surface area contributed by atoms with Crippen LogP contribution < -0.4 is 5.73 Å². The molecule has 104 valence electrons. The van der Waals surface area contributed by atoms with Crippen molar-refractivity contribution >= 4 is 0 Å². The van der Waals surface area contributed by atoms with Gasteiger partial charge in [-0.3, -0.25) is 0 Å². The molecule has 2 aliphatic rings. The lowest BCUT2D eigenvalue weighted by molar-refractivity contribution is -0.0960. The van der Waals surface area contributed by atoms with Gasteiger partial charge in [0.15, 0.2) is 0 Å². The maximum atomic E-state index is 6.48. The van der Waals surface area contributed by atoms with Crippen LogP contribution in [0.3, 0.4) is 0 Å². The molecule has 2 unspecified atom stereocenters. The first-order valence-corrected chi connectivity index (χ1v) is 7.71. The molecule has 0 amide bonds. The Morgan fingerprint density at radius 3 is 2.68 bits per heavy atom. The second-order valence-corrected chi connectivity index (χ2v) is 6.35. The molecule has 0 radical (unpaired) electrons. The molecule has 1 saturated heterocycles. The van der Waals surface area contributed by atoms with Crippen molar-refractivity contribution in [3.05, 3.63) is 35.9 Å². The first kappa shape index (κ1) is 13.1. The Bertz CT molecular complexity index is 397. The maximum absolute atomic E-state index is 6.48. The molecule has 1 aromatic carbocycles. The van der Waals surface area contributed by atoms with Crippen molar-refractivity contribution in [2.24, 2.45) is 11.7 Å². The number of benzene rings is 1. The zero-order valence-electron chi connectivity index (χ0n) is 11.7. The largest absolute Gasteiger partial charge is 0.375 e. The molecule has 2 N–H and O–H groups in total. The van der Waals surface area contributed by atoms with Gasteiger partial charge in [0, 0.05) is 12.6 Å². The predicted octanol–water partition coefficient (Wildman–Crippen LogP) is 3.30. The fraction of sp³-hybridized carbons (Fsp3) is 0.647. The van der Waals surface area contributed by atoms with Crippen molar-refractivity contribution in [2.45, 2.75) is 56.6 Å². The molecular formula is C17H25NO. The lowest BCUT2D eigenvalue weighted by Crippen LogP contribution is -2.44. The molecule has 0 aromatic heterocycles. The molecule has 1 aliphatic carbocycles. The van der Waals surface area contributed by atoms with Crippen molar-refractivity contribution in [1.82, 2.24) is 0 Å². The van der Waals surface area contributed by atoms with E-state index in [2.05, 4.69) is 30.3 Å². The topological polar surface area (TPSA) is 35.2 Å². The Hall–Kier alpha value is -0.860. The minimum Gasteiger partial charge on any atom is -0.375 e. The standard InChI is InChI=1S/C17H25NO/c18-16(12-14-6-2-1-3-7-14)15-8-11-19-17(13-15)9-4-5-10-17/h1-3,6-7,15-16H,4-5,8-13,18H2. The summed E-state index contributed by atoms with van der Waals surface area (Å²) in [6.07, 6.45) is 8.49. The summed E-state index contributed by atoms with van der Waals surface area (Å²) in [6.45, 7) is 0.910. The highest BCUT2D eigenvalue weighted by Gasteiger charge is 2.41. The van der Waals surface area contributed by atoms with Gasteiger partial charge in [0.1, 0.15) is 0 Å². The van der Waals surface area contributed by atoms with Crippen LogP contribution in [0.15, 0.2) is 30.3 Å². The van der Waals surface area contributed by atoms with E-state index in [0.29, 0.717) is 5.92 Å². The van der Waals surface area contributed by atoms with E-state index in [9.17, 15) is 0 Å². The van der Waals surface area contributed by atoms with Crippen LogP contribution in [0.2, 0.25) is 0 Å². The number of nitrogens with two attached hydrogens (primary N) is 1. The summed E-state index contributed by atoms with van der Waals surface area (Å²) < 4.78 is 6.10. The Kier molecular flexibility index (Phi) is 3.90. The lowest BCUT2D eigenvalue weighted by atomic mass is 9.79. The third-order valence-corrected chi connectivity index (χ3v) is 4.97. The van der Waals surface area contributed by atoms with Gasteiger partial charge in [-0.15, -0.1) is 0 Å². The third-order valence-electron chi connectivity index (χ3n) is 4.97. The first-order valence-electron chi connectivity index (χ1n) is 7.71. The second kappa shape index (κ2) is 5.64. The van der Waals surface area contributed by atoms with Gasteiger partial charge in [-0.05, 0) is 43.6 Å². The average Bonchev–Trinajstić information content (AvgIpc) is 2.88. The van der Waals surface area contributed by atoms with Crippen molar-refractivity contribution in [3.63, 3.8) is 0 Å². The van der Waals surface area contributed by atoms with Crippen LogP contribution in [0.1, 0.15) is 44.1 Å². The number of rotatable bonds is 3.